The molecule has 1 aliphatic rings. The monoisotopic (exact) mass is 489 g/mol. The van der Waals surface area contributed by atoms with E-state index >= 15 is 0 Å². The Morgan fingerprint density at radius 3 is 2.21 bits per heavy atom. The van der Waals surface area contributed by atoms with Gasteiger partial charge in [-0.3, -0.25) is 9.63 Å². The first-order chi connectivity index (χ1) is 16.4. The van der Waals surface area contributed by atoms with E-state index in [-0.39, 0.29) is 11.3 Å². The number of ether oxygens (including phenoxy) is 3. The van der Waals surface area contributed by atoms with Gasteiger partial charge in [0, 0.05) is 19.2 Å². The second-order valence-corrected chi connectivity index (χ2v) is 7.01. The van der Waals surface area contributed by atoms with Crippen molar-refractivity contribution >= 4 is 12.0 Å². The maximum atomic E-state index is 13.8. The Kier molecular flexibility index (Phi) is 15.8. The van der Waals surface area contributed by atoms with Gasteiger partial charge in [-0.2, -0.15) is 0 Å². The Hall–Kier alpha value is -2.28. The normalized spacial score (nSPS) is 17.1. The van der Waals surface area contributed by atoms with Crippen molar-refractivity contribution in [2.45, 2.75) is 19.1 Å². The van der Waals surface area contributed by atoms with Gasteiger partial charge in [-0.1, -0.05) is 17.7 Å². The summed E-state index contributed by atoms with van der Waals surface area (Å²) in [6, 6.07) is 1.17. The molecule has 1 aromatic carbocycles. The molecule has 4 N–H and O–H groups in total. The molecule has 0 aromatic heterocycles. The summed E-state index contributed by atoms with van der Waals surface area (Å²) in [6.07, 6.45) is 3.58. The minimum Gasteiger partial charge on any atom is -0.378 e. The number of carbonyl (C=O) groups is 1. The summed E-state index contributed by atoms with van der Waals surface area (Å²) < 4.78 is 56.1. The Balaban J connectivity index is 0.000000352. The fraction of sp³-hybridized carbons (Fsp3) is 0.522. The lowest BCUT2D eigenvalue weighted by Crippen LogP contribution is -2.30. The lowest BCUT2D eigenvalue weighted by atomic mass is 10.0. The highest BCUT2D eigenvalue weighted by Crippen LogP contribution is 2.25. The highest BCUT2D eigenvalue weighted by atomic mass is 19.2. The summed E-state index contributed by atoms with van der Waals surface area (Å²) in [6.45, 7) is 6.28. The number of halogens is 3. The molecule has 8 nitrogen and oxygen atoms in total. The molecule has 0 spiro atoms. The summed E-state index contributed by atoms with van der Waals surface area (Å²) >= 11 is 0. The molecule has 0 saturated heterocycles. The number of hydrogen-bond donors (Lipinski definition) is 3. The molecule has 1 aromatic rings. The molecule has 192 valence electrons. The Morgan fingerprint density at radius 2 is 1.65 bits per heavy atom. The quantitative estimate of drug-likeness (QED) is 0.196. The molecule has 0 amide bonds. The van der Waals surface area contributed by atoms with Crippen LogP contribution in [0.4, 0.5) is 18.9 Å². The number of anilines is 1. The van der Waals surface area contributed by atoms with E-state index in [1.54, 1.807) is 20.0 Å². The summed E-state index contributed by atoms with van der Waals surface area (Å²) in [4.78, 5) is 15.7. The van der Waals surface area contributed by atoms with Gasteiger partial charge in [-0.15, -0.1) is 0 Å². The molecule has 11 heteroatoms. The van der Waals surface area contributed by atoms with Gasteiger partial charge in [0.25, 0.3) is 0 Å². The Labute approximate surface area is 198 Å². The Morgan fingerprint density at radius 1 is 1.03 bits per heavy atom. The number of hydroxylamine groups is 1. The van der Waals surface area contributed by atoms with Crippen LogP contribution in [0.5, 0.6) is 0 Å². The fourth-order valence-electron chi connectivity index (χ4n) is 2.70. The van der Waals surface area contributed by atoms with E-state index in [0.717, 1.165) is 17.7 Å². The summed E-state index contributed by atoms with van der Waals surface area (Å²) in [5.74, 6) is -2.27. The van der Waals surface area contributed by atoms with Crippen LogP contribution in [0.1, 0.15) is 17.3 Å². The lowest BCUT2D eigenvalue weighted by molar-refractivity contribution is -0.0183. The molecule has 0 heterocycles. The maximum absolute atomic E-state index is 13.8. The maximum Gasteiger partial charge on any atom is 0.182 e. The van der Waals surface area contributed by atoms with E-state index in [2.05, 4.69) is 10.8 Å². The van der Waals surface area contributed by atoms with Crippen LogP contribution < -0.4 is 16.5 Å². The van der Waals surface area contributed by atoms with Gasteiger partial charge < -0.3 is 25.3 Å². The van der Waals surface area contributed by atoms with Gasteiger partial charge in [-0.25, -0.2) is 18.7 Å². The molecule has 2 rings (SSSR count). The standard InChI is InChI=1S/C14H12F3NO.C9H22N2O4/c1-8-2-5-12(11(16)6-8)18-14-9(7-19)3-4-10(15)13(14)17;1-11-15-9-8-14-7-6-13-5-4-12-3-2-10/h2-7,11-12,18H,1H3;11H,2-10H2,1H3. The van der Waals surface area contributed by atoms with Crippen LogP contribution in [0.3, 0.4) is 0 Å². The number of hydrogen-bond acceptors (Lipinski definition) is 8. The second kappa shape index (κ2) is 18.1. The van der Waals surface area contributed by atoms with Crippen LogP contribution in [0, 0.1) is 11.6 Å². The first-order valence-corrected chi connectivity index (χ1v) is 10.9. The van der Waals surface area contributed by atoms with Gasteiger partial charge in [0.1, 0.15) is 6.17 Å². The third-order valence-electron chi connectivity index (χ3n) is 4.38. The van der Waals surface area contributed by atoms with Crippen molar-refractivity contribution in [2.75, 3.05) is 65.2 Å². The molecule has 1 aliphatic carbocycles. The topological polar surface area (TPSA) is 104 Å². The van der Waals surface area contributed by atoms with Crippen molar-refractivity contribution in [3.63, 3.8) is 0 Å². The van der Waals surface area contributed by atoms with Crippen molar-refractivity contribution < 1.29 is 37.0 Å². The number of alkyl halides is 1. The number of rotatable bonds is 15. The Bertz CT molecular complexity index is 768. The zero-order valence-electron chi connectivity index (χ0n) is 19.5. The average molecular weight is 490 g/mol. The zero-order chi connectivity index (χ0) is 25.2. The molecule has 0 fully saturated rings. The van der Waals surface area contributed by atoms with Gasteiger partial charge in [-0.05, 0) is 25.1 Å². The van der Waals surface area contributed by atoms with E-state index in [4.69, 9.17) is 24.8 Å². The van der Waals surface area contributed by atoms with Crippen LogP contribution in [-0.2, 0) is 19.0 Å². The predicted molar refractivity (Wildman–Crippen MR) is 123 cm³/mol. The van der Waals surface area contributed by atoms with E-state index in [1.807, 2.05) is 0 Å². The molecular formula is C23H34F3N3O5. The molecule has 2 unspecified atom stereocenters. The second-order valence-electron chi connectivity index (χ2n) is 7.01. The van der Waals surface area contributed by atoms with Crippen LogP contribution in [0.15, 0.2) is 35.9 Å². The van der Waals surface area contributed by atoms with E-state index in [0.29, 0.717) is 59.1 Å². The molecule has 0 saturated carbocycles. The number of aldehydes is 1. The molecular weight excluding hydrogens is 455 g/mol. The third-order valence-corrected chi connectivity index (χ3v) is 4.38. The highest BCUT2D eigenvalue weighted by molar-refractivity contribution is 5.84. The fourth-order valence-corrected chi connectivity index (χ4v) is 2.70. The first-order valence-electron chi connectivity index (χ1n) is 10.9. The number of allylic oxidation sites excluding steroid dienone is 2. The van der Waals surface area contributed by atoms with Gasteiger partial charge in [0.15, 0.2) is 17.9 Å². The van der Waals surface area contributed by atoms with Crippen molar-refractivity contribution in [3.05, 3.63) is 53.1 Å². The van der Waals surface area contributed by atoms with Gasteiger partial charge in [0.2, 0.25) is 0 Å². The van der Waals surface area contributed by atoms with Gasteiger partial charge >= 0.3 is 0 Å². The molecule has 0 radical (unpaired) electrons. The van der Waals surface area contributed by atoms with Crippen LogP contribution >= 0.6 is 0 Å². The molecule has 0 bridgehead atoms. The molecule has 2 atom stereocenters. The zero-order valence-corrected chi connectivity index (χ0v) is 19.5. The minimum absolute atomic E-state index is 0.0502. The summed E-state index contributed by atoms with van der Waals surface area (Å²) in [5.41, 5.74) is 8.19. The third kappa shape index (κ3) is 11.7. The SMILES string of the molecule is CC1=CC(F)C(Nc2c(C=O)ccc(F)c2F)C=C1.CNOCCOCCOCCOCCN. The largest absolute Gasteiger partial charge is 0.378 e. The van der Waals surface area contributed by atoms with Crippen molar-refractivity contribution in [2.24, 2.45) is 5.73 Å². The van der Waals surface area contributed by atoms with E-state index < -0.39 is 23.8 Å². The average Bonchev–Trinajstić information content (AvgIpc) is 2.82. The first kappa shape index (κ1) is 29.8. The van der Waals surface area contributed by atoms with Crippen LogP contribution in [0.2, 0.25) is 0 Å². The van der Waals surface area contributed by atoms with Crippen LogP contribution in [-0.4, -0.2) is 78.3 Å². The predicted octanol–water partition coefficient (Wildman–Crippen LogP) is 2.56. The lowest BCUT2D eigenvalue weighted by Gasteiger charge is -2.22. The number of carbonyl (C=O) groups excluding carboxylic acids is 1. The number of nitrogens with one attached hydrogen (secondary N) is 2. The molecule has 0 aliphatic heterocycles. The highest BCUT2D eigenvalue weighted by Gasteiger charge is 2.22. The summed E-state index contributed by atoms with van der Waals surface area (Å²) in [5, 5.41) is 2.53. The van der Waals surface area contributed by atoms with Crippen molar-refractivity contribution in [3.8, 4) is 0 Å². The number of benzene rings is 1. The summed E-state index contributed by atoms with van der Waals surface area (Å²) in [7, 11) is 1.71. The van der Waals surface area contributed by atoms with Crippen LogP contribution in [0.25, 0.3) is 0 Å². The number of nitrogens with two attached hydrogens (primary N) is 1. The van der Waals surface area contributed by atoms with E-state index in [9.17, 15) is 18.0 Å². The molecule has 34 heavy (non-hydrogen) atoms. The van der Waals surface area contributed by atoms with Crippen molar-refractivity contribution in [1.82, 2.24) is 5.48 Å². The smallest absolute Gasteiger partial charge is 0.182 e. The van der Waals surface area contributed by atoms with Gasteiger partial charge in [0.05, 0.1) is 58.0 Å². The van der Waals surface area contributed by atoms with Crippen molar-refractivity contribution in [1.29, 1.82) is 0 Å². The minimum atomic E-state index is -1.37. The van der Waals surface area contributed by atoms with E-state index in [1.165, 1.54) is 12.2 Å².